The van der Waals surface area contributed by atoms with Crippen molar-refractivity contribution in [2.45, 2.75) is 38.3 Å². The Balaban J connectivity index is 1.85. The Morgan fingerprint density at radius 3 is 2.89 bits per heavy atom. The van der Waals surface area contributed by atoms with Crippen LogP contribution in [0.3, 0.4) is 0 Å². The fourth-order valence-corrected chi connectivity index (χ4v) is 3.11. The molecule has 0 amide bonds. The van der Waals surface area contributed by atoms with Gasteiger partial charge in [-0.2, -0.15) is 0 Å². The van der Waals surface area contributed by atoms with Gasteiger partial charge in [0.15, 0.2) is 0 Å². The molecule has 0 aliphatic heterocycles. The fraction of sp³-hybridized carbons (Fsp3) is 0.467. The van der Waals surface area contributed by atoms with E-state index in [-0.39, 0.29) is 0 Å². The van der Waals surface area contributed by atoms with Crippen LogP contribution >= 0.6 is 0 Å². The molecule has 1 saturated carbocycles. The summed E-state index contributed by atoms with van der Waals surface area (Å²) in [6.45, 7) is 0.950. The molecule has 3 N–H and O–H groups in total. The number of nitrogens with one attached hydrogen (secondary N) is 1. The zero-order valence-electron chi connectivity index (χ0n) is 10.9. The molecule has 3 heteroatoms. The smallest absolute Gasteiger partial charge is 0.0714 e. The van der Waals surface area contributed by atoms with Crippen LogP contribution in [0.4, 0.5) is 5.69 Å². The van der Waals surface area contributed by atoms with Crippen molar-refractivity contribution in [3.8, 4) is 0 Å². The first-order valence-electron chi connectivity index (χ1n) is 6.81. The van der Waals surface area contributed by atoms with Crippen molar-refractivity contribution in [1.29, 1.82) is 0 Å². The minimum absolute atomic E-state index is 0.710. The van der Waals surface area contributed by atoms with Gasteiger partial charge in [-0.1, -0.05) is 25.0 Å². The molecule has 3 nitrogen and oxygen atoms in total. The monoisotopic (exact) mass is 243 g/mol. The summed E-state index contributed by atoms with van der Waals surface area (Å²) in [4.78, 5) is 0. The second-order valence-corrected chi connectivity index (χ2v) is 5.37. The van der Waals surface area contributed by atoms with Crippen LogP contribution in [0.5, 0.6) is 0 Å². The van der Waals surface area contributed by atoms with Gasteiger partial charge in [-0.3, -0.25) is 0 Å². The van der Waals surface area contributed by atoms with E-state index in [4.69, 9.17) is 5.73 Å². The second-order valence-electron chi connectivity index (χ2n) is 5.37. The number of nitrogens with two attached hydrogens (primary N) is 1. The molecule has 1 aromatic heterocycles. The SMILES string of the molecule is Cn1cc(CNC2CCCC2)c2cccc(N)c21. The lowest BCUT2D eigenvalue weighted by atomic mass is 10.1. The van der Waals surface area contributed by atoms with Crippen LogP contribution in [-0.4, -0.2) is 10.6 Å². The summed E-state index contributed by atoms with van der Waals surface area (Å²) in [6, 6.07) is 6.88. The average Bonchev–Trinajstić information content (AvgIpc) is 2.96. The molecule has 1 fully saturated rings. The lowest BCUT2D eigenvalue weighted by Gasteiger charge is -2.10. The van der Waals surface area contributed by atoms with Gasteiger partial charge in [0.05, 0.1) is 11.2 Å². The van der Waals surface area contributed by atoms with Crippen LogP contribution in [0.1, 0.15) is 31.2 Å². The zero-order valence-corrected chi connectivity index (χ0v) is 10.9. The van der Waals surface area contributed by atoms with Gasteiger partial charge in [0.1, 0.15) is 0 Å². The van der Waals surface area contributed by atoms with Crippen molar-refractivity contribution < 1.29 is 0 Å². The van der Waals surface area contributed by atoms with Crippen LogP contribution in [0.15, 0.2) is 24.4 Å². The van der Waals surface area contributed by atoms with Crippen molar-refractivity contribution in [3.63, 3.8) is 0 Å². The summed E-state index contributed by atoms with van der Waals surface area (Å²) < 4.78 is 2.14. The third kappa shape index (κ3) is 1.99. The zero-order chi connectivity index (χ0) is 12.5. The van der Waals surface area contributed by atoms with E-state index < -0.39 is 0 Å². The summed E-state index contributed by atoms with van der Waals surface area (Å²) >= 11 is 0. The topological polar surface area (TPSA) is 43.0 Å². The van der Waals surface area contributed by atoms with E-state index in [0.29, 0.717) is 6.04 Å². The largest absolute Gasteiger partial charge is 0.397 e. The van der Waals surface area contributed by atoms with Gasteiger partial charge < -0.3 is 15.6 Å². The van der Waals surface area contributed by atoms with E-state index in [1.165, 1.54) is 36.6 Å². The highest BCUT2D eigenvalue weighted by Crippen LogP contribution is 2.26. The summed E-state index contributed by atoms with van der Waals surface area (Å²) in [5.74, 6) is 0. The van der Waals surface area contributed by atoms with E-state index in [1.807, 2.05) is 12.1 Å². The molecule has 0 atom stereocenters. The van der Waals surface area contributed by atoms with Gasteiger partial charge in [0.2, 0.25) is 0 Å². The Morgan fingerprint density at radius 1 is 1.33 bits per heavy atom. The quantitative estimate of drug-likeness (QED) is 0.814. The van der Waals surface area contributed by atoms with Crippen molar-refractivity contribution in [3.05, 3.63) is 30.0 Å². The number of nitrogens with zero attached hydrogens (tertiary/aromatic N) is 1. The summed E-state index contributed by atoms with van der Waals surface area (Å²) in [5, 5.41) is 4.95. The van der Waals surface area contributed by atoms with Crippen molar-refractivity contribution in [2.24, 2.45) is 7.05 Å². The Bertz CT molecular complexity index is 550. The molecule has 0 bridgehead atoms. The molecule has 2 aromatic rings. The highest BCUT2D eigenvalue weighted by Gasteiger charge is 2.15. The molecule has 3 rings (SSSR count). The average molecular weight is 243 g/mol. The summed E-state index contributed by atoms with van der Waals surface area (Å²) in [5.41, 5.74) is 9.42. The number of aryl methyl sites for hydroxylation is 1. The highest BCUT2D eigenvalue weighted by molar-refractivity contribution is 5.93. The first-order valence-corrected chi connectivity index (χ1v) is 6.81. The Morgan fingerprint density at radius 2 is 2.11 bits per heavy atom. The van der Waals surface area contributed by atoms with Crippen LogP contribution in [0.25, 0.3) is 10.9 Å². The standard InChI is InChI=1S/C15H21N3/c1-18-10-11(9-17-12-5-2-3-6-12)13-7-4-8-14(16)15(13)18/h4,7-8,10,12,17H,2-3,5-6,9,16H2,1H3. The number of benzene rings is 1. The highest BCUT2D eigenvalue weighted by atomic mass is 15.0. The lowest BCUT2D eigenvalue weighted by molar-refractivity contribution is 0.525. The second kappa shape index (κ2) is 4.65. The van der Waals surface area contributed by atoms with Crippen molar-refractivity contribution in [2.75, 3.05) is 5.73 Å². The van der Waals surface area contributed by atoms with Crippen molar-refractivity contribution in [1.82, 2.24) is 9.88 Å². The van der Waals surface area contributed by atoms with Gasteiger partial charge in [-0.15, -0.1) is 0 Å². The number of para-hydroxylation sites is 1. The predicted molar refractivity (Wildman–Crippen MR) is 76.4 cm³/mol. The van der Waals surface area contributed by atoms with Crippen LogP contribution < -0.4 is 11.1 Å². The third-order valence-electron chi connectivity index (χ3n) is 4.05. The molecule has 1 heterocycles. The molecule has 0 spiro atoms. The molecule has 0 saturated heterocycles. The molecule has 1 aromatic carbocycles. The molecule has 1 aliphatic rings. The first kappa shape index (κ1) is 11.6. The van der Waals surface area contributed by atoms with E-state index in [1.54, 1.807) is 0 Å². The maximum Gasteiger partial charge on any atom is 0.0714 e. The normalized spacial score (nSPS) is 16.7. The number of hydrogen-bond donors (Lipinski definition) is 2. The predicted octanol–water partition coefficient (Wildman–Crippen LogP) is 2.79. The molecule has 1 aliphatic carbocycles. The number of rotatable bonds is 3. The van der Waals surface area contributed by atoms with E-state index in [2.05, 4.69) is 29.2 Å². The molecular weight excluding hydrogens is 222 g/mol. The number of aromatic nitrogens is 1. The maximum atomic E-state index is 6.05. The van der Waals surface area contributed by atoms with Crippen LogP contribution in [0, 0.1) is 0 Å². The van der Waals surface area contributed by atoms with Gasteiger partial charge in [-0.25, -0.2) is 0 Å². The van der Waals surface area contributed by atoms with Crippen LogP contribution in [-0.2, 0) is 13.6 Å². The molecule has 0 unspecified atom stereocenters. The van der Waals surface area contributed by atoms with Gasteiger partial charge >= 0.3 is 0 Å². The minimum Gasteiger partial charge on any atom is -0.397 e. The number of anilines is 1. The third-order valence-corrected chi connectivity index (χ3v) is 4.05. The fourth-order valence-electron chi connectivity index (χ4n) is 3.11. The van der Waals surface area contributed by atoms with Gasteiger partial charge in [-0.05, 0) is 24.5 Å². The van der Waals surface area contributed by atoms with E-state index in [0.717, 1.165) is 17.7 Å². The molecule has 18 heavy (non-hydrogen) atoms. The summed E-state index contributed by atoms with van der Waals surface area (Å²) in [6.07, 6.45) is 7.60. The van der Waals surface area contributed by atoms with Gasteiger partial charge in [0, 0.05) is 31.2 Å². The first-order chi connectivity index (χ1) is 8.75. The minimum atomic E-state index is 0.710. The van der Waals surface area contributed by atoms with Crippen LogP contribution in [0.2, 0.25) is 0 Å². The van der Waals surface area contributed by atoms with E-state index in [9.17, 15) is 0 Å². The van der Waals surface area contributed by atoms with Crippen molar-refractivity contribution >= 4 is 16.6 Å². The molecule has 0 radical (unpaired) electrons. The number of nitrogen functional groups attached to an aromatic ring is 1. The Hall–Kier alpha value is -1.48. The summed E-state index contributed by atoms with van der Waals surface area (Å²) in [7, 11) is 2.07. The Kier molecular flexibility index (Phi) is 3.00. The molecular formula is C15H21N3. The number of fused-ring (bicyclic) bond motifs is 1. The molecule has 96 valence electrons. The lowest BCUT2D eigenvalue weighted by Crippen LogP contribution is -2.25. The number of hydrogen-bond acceptors (Lipinski definition) is 2. The maximum absolute atomic E-state index is 6.05. The van der Waals surface area contributed by atoms with E-state index >= 15 is 0 Å². The van der Waals surface area contributed by atoms with Gasteiger partial charge in [0.25, 0.3) is 0 Å². The Labute approximate surface area is 108 Å².